The minimum Gasteiger partial charge on any atom is -0.375 e. The molecule has 1 amide bonds. The monoisotopic (exact) mass is 255 g/mol. The highest BCUT2D eigenvalue weighted by Crippen LogP contribution is 2.15. The molecule has 0 saturated carbocycles. The van der Waals surface area contributed by atoms with Crippen LogP contribution < -0.4 is 10.6 Å². The summed E-state index contributed by atoms with van der Waals surface area (Å²) >= 11 is 0. The average Bonchev–Trinajstić information content (AvgIpc) is 2.34. The molecule has 2 aliphatic heterocycles. The van der Waals surface area contributed by atoms with Crippen LogP contribution >= 0.6 is 0 Å². The zero-order chi connectivity index (χ0) is 13.0. The van der Waals surface area contributed by atoms with Gasteiger partial charge in [0.1, 0.15) is 0 Å². The summed E-state index contributed by atoms with van der Waals surface area (Å²) in [6.45, 7) is 6.73. The van der Waals surface area contributed by atoms with E-state index in [0.29, 0.717) is 25.0 Å². The lowest BCUT2D eigenvalue weighted by molar-refractivity contribution is -0.125. The van der Waals surface area contributed by atoms with E-state index in [2.05, 4.69) is 29.5 Å². The average molecular weight is 255 g/mol. The molecule has 2 heterocycles. The van der Waals surface area contributed by atoms with Crippen LogP contribution in [-0.2, 0) is 9.53 Å². The molecule has 2 N–H and O–H groups in total. The molecule has 3 atom stereocenters. The fraction of sp³-hybridized carbons (Fsp3) is 0.923. The molecule has 2 saturated heterocycles. The second-order valence-electron chi connectivity index (χ2n) is 5.60. The smallest absolute Gasteiger partial charge is 0.222 e. The number of piperidine rings is 1. The van der Waals surface area contributed by atoms with Crippen molar-refractivity contribution in [3.63, 3.8) is 0 Å². The number of nitrogens with one attached hydrogen (secondary N) is 2. The van der Waals surface area contributed by atoms with Crippen molar-refractivity contribution in [1.29, 1.82) is 0 Å². The maximum absolute atomic E-state index is 12.0. The van der Waals surface area contributed by atoms with Gasteiger partial charge in [-0.1, -0.05) is 6.92 Å². The third-order valence-corrected chi connectivity index (χ3v) is 3.87. The Morgan fingerprint density at radius 3 is 3.06 bits per heavy atom. The van der Waals surface area contributed by atoms with Crippen molar-refractivity contribution in [3.05, 3.63) is 0 Å². The summed E-state index contributed by atoms with van der Waals surface area (Å²) in [5.74, 6) is 0.656. The van der Waals surface area contributed by atoms with Gasteiger partial charge in [0.15, 0.2) is 0 Å². The molecule has 0 spiro atoms. The van der Waals surface area contributed by atoms with Gasteiger partial charge in [0.05, 0.1) is 19.1 Å². The van der Waals surface area contributed by atoms with Crippen molar-refractivity contribution in [2.24, 2.45) is 5.92 Å². The number of morpholine rings is 1. The molecule has 5 heteroatoms. The van der Waals surface area contributed by atoms with Crippen LogP contribution in [-0.4, -0.2) is 62.8 Å². The molecule has 0 bridgehead atoms. The fourth-order valence-corrected chi connectivity index (χ4v) is 2.79. The molecule has 0 aromatic heterocycles. The maximum Gasteiger partial charge on any atom is 0.222 e. The number of ether oxygens (including phenoxy) is 1. The van der Waals surface area contributed by atoms with E-state index in [4.69, 9.17) is 4.74 Å². The number of hydrogen-bond acceptors (Lipinski definition) is 4. The van der Waals surface area contributed by atoms with Gasteiger partial charge < -0.3 is 20.3 Å². The maximum atomic E-state index is 12.0. The first kappa shape index (κ1) is 13.8. The van der Waals surface area contributed by atoms with E-state index in [0.717, 1.165) is 32.6 Å². The highest BCUT2D eigenvalue weighted by atomic mass is 16.5. The Balaban J connectivity index is 1.73. The van der Waals surface area contributed by atoms with Crippen LogP contribution in [0.1, 0.15) is 19.8 Å². The van der Waals surface area contributed by atoms with E-state index in [-0.39, 0.29) is 12.0 Å². The van der Waals surface area contributed by atoms with Gasteiger partial charge in [-0.25, -0.2) is 0 Å². The second-order valence-corrected chi connectivity index (χ2v) is 5.60. The third-order valence-electron chi connectivity index (χ3n) is 3.87. The summed E-state index contributed by atoms with van der Waals surface area (Å²) in [6.07, 6.45) is 1.57. The van der Waals surface area contributed by atoms with Crippen molar-refractivity contribution in [2.45, 2.75) is 31.9 Å². The van der Waals surface area contributed by atoms with E-state index in [1.165, 1.54) is 0 Å². The number of nitrogens with zero attached hydrogens (tertiary/aromatic N) is 1. The summed E-state index contributed by atoms with van der Waals surface area (Å²) in [4.78, 5) is 14.3. The van der Waals surface area contributed by atoms with Gasteiger partial charge in [0, 0.05) is 25.7 Å². The predicted octanol–water partition coefficient (Wildman–Crippen LogP) is -0.179. The lowest BCUT2D eigenvalue weighted by Crippen LogP contribution is -2.50. The highest BCUT2D eigenvalue weighted by molar-refractivity contribution is 5.76. The largest absolute Gasteiger partial charge is 0.375 e. The zero-order valence-electron chi connectivity index (χ0n) is 11.4. The van der Waals surface area contributed by atoms with E-state index >= 15 is 0 Å². The van der Waals surface area contributed by atoms with E-state index in [9.17, 15) is 4.79 Å². The number of carbonyl (C=O) groups is 1. The van der Waals surface area contributed by atoms with Gasteiger partial charge in [-0.05, 0) is 25.9 Å². The van der Waals surface area contributed by atoms with Gasteiger partial charge in [0.25, 0.3) is 0 Å². The topological polar surface area (TPSA) is 53.6 Å². The first-order valence-electron chi connectivity index (χ1n) is 6.95. The van der Waals surface area contributed by atoms with Gasteiger partial charge in [-0.15, -0.1) is 0 Å². The van der Waals surface area contributed by atoms with Gasteiger partial charge >= 0.3 is 0 Å². The Labute approximate surface area is 109 Å². The summed E-state index contributed by atoms with van der Waals surface area (Å²) in [7, 11) is 2.13. The Morgan fingerprint density at radius 1 is 1.56 bits per heavy atom. The van der Waals surface area contributed by atoms with E-state index in [1.807, 2.05) is 0 Å². The second kappa shape index (κ2) is 6.50. The molecule has 0 aromatic carbocycles. The molecule has 18 heavy (non-hydrogen) atoms. The molecular weight excluding hydrogens is 230 g/mol. The third kappa shape index (κ3) is 3.93. The molecule has 104 valence electrons. The van der Waals surface area contributed by atoms with Gasteiger partial charge in [0.2, 0.25) is 5.91 Å². The quantitative estimate of drug-likeness (QED) is 0.735. The standard InChI is InChI=1S/C13H25N3O2/c1-10-9-16(2)5-3-12(10)15-13(17)7-11-8-14-4-6-18-11/h10-12,14H,3-9H2,1-2H3,(H,15,17). The van der Waals surface area contributed by atoms with E-state index < -0.39 is 0 Å². The lowest BCUT2D eigenvalue weighted by Gasteiger charge is -2.35. The van der Waals surface area contributed by atoms with Crippen LogP contribution in [0.4, 0.5) is 0 Å². The number of rotatable bonds is 3. The van der Waals surface area contributed by atoms with Crippen molar-refractivity contribution >= 4 is 5.91 Å². The van der Waals surface area contributed by atoms with Crippen LogP contribution in [0.15, 0.2) is 0 Å². The molecule has 2 rings (SSSR count). The zero-order valence-corrected chi connectivity index (χ0v) is 11.4. The number of hydrogen-bond donors (Lipinski definition) is 2. The molecule has 2 fully saturated rings. The van der Waals surface area contributed by atoms with Crippen LogP contribution in [0, 0.1) is 5.92 Å². The highest BCUT2D eigenvalue weighted by Gasteiger charge is 2.26. The Hall–Kier alpha value is -0.650. The van der Waals surface area contributed by atoms with Gasteiger partial charge in [-0.2, -0.15) is 0 Å². The minimum atomic E-state index is 0.0420. The van der Waals surface area contributed by atoms with Crippen LogP contribution in [0.25, 0.3) is 0 Å². The van der Waals surface area contributed by atoms with Crippen molar-refractivity contribution in [1.82, 2.24) is 15.5 Å². The van der Waals surface area contributed by atoms with Crippen LogP contribution in [0.3, 0.4) is 0 Å². The molecule has 0 aromatic rings. The Kier molecular flexibility index (Phi) is 4.97. The summed E-state index contributed by atoms with van der Waals surface area (Å²) in [5.41, 5.74) is 0. The number of amides is 1. The van der Waals surface area contributed by atoms with Crippen molar-refractivity contribution in [2.75, 3.05) is 39.8 Å². The van der Waals surface area contributed by atoms with Gasteiger partial charge in [-0.3, -0.25) is 4.79 Å². The van der Waals surface area contributed by atoms with Crippen molar-refractivity contribution in [3.8, 4) is 0 Å². The molecule has 3 unspecified atom stereocenters. The minimum absolute atomic E-state index is 0.0420. The lowest BCUT2D eigenvalue weighted by atomic mass is 9.94. The summed E-state index contributed by atoms with van der Waals surface area (Å²) in [6, 6.07) is 0.324. The number of carbonyl (C=O) groups excluding carboxylic acids is 1. The van der Waals surface area contributed by atoms with E-state index in [1.54, 1.807) is 0 Å². The molecular formula is C13H25N3O2. The first-order chi connectivity index (χ1) is 8.65. The number of likely N-dealkylation sites (tertiary alicyclic amines) is 1. The Morgan fingerprint density at radius 2 is 2.39 bits per heavy atom. The first-order valence-corrected chi connectivity index (χ1v) is 6.95. The molecule has 0 aliphatic carbocycles. The molecule has 2 aliphatic rings. The molecule has 0 radical (unpaired) electrons. The SMILES string of the molecule is CC1CN(C)CCC1NC(=O)CC1CNCCO1. The summed E-state index contributed by atoms with van der Waals surface area (Å²) < 4.78 is 5.55. The van der Waals surface area contributed by atoms with Crippen LogP contribution in [0.2, 0.25) is 0 Å². The normalized spacial score (nSPS) is 34.2. The molecule has 5 nitrogen and oxygen atoms in total. The van der Waals surface area contributed by atoms with Crippen molar-refractivity contribution < 1.29 is 9.53 Å². The Bertz CT molecular complexity index is 279. The predicted molar refractivity (Wildman–Crippen MR) is 70.4 cm³/mol. The summed E-state index contributed by atoms with van der Waals surface area (Å²) in [5, 5.41) is 6.41. The van der Waals surface area contributed by atoms with Crippen LogP contribution in [0.5, 0.6) is 0 Å². The fourth-order valence-electron chi connectivity index (χ4n) is 2.79.